The molecule has 0 unspecified atom stereocenters. The molecule has 1 saturated heterocycles. The first-order valence-corrected chi connectivity index (χ1v) is 8.44. The molecule has 7 heteroatoms. The van der Waals surface area contributed by atoms with Crippen molar-refractivity contribution in [2.75, 3.05) is 16.8 Å². The Morgan fingerprint density at radius 2 is 1.63 bits per heavy atom. The number of ether oxygens (including phenoxy) is 1. The van der Waals surface area contributed by atoms with Gasteiger partial charge in [0.1, 0.15) is 0 Å². The van der Waals surface area contributed by atoms with E-state index in [0.717, 1.165) is 10.5 Å². The fraction of sp³-hybridized carbons (Fsp3) is 0.200. The third kappa shape index (κ3) is 4.20. The van der Waals surface area contributed by atoms with E-state index in [-0.39, 0.29) is 30.2 Å². The molecule has 1 fully saturated rings. The third-order valence-electron chi connectivity index (χ3n) is 4.17. The van der Waals surface area contributed by atoms with Gasteiger partial charge in [0.15, 0.2) is 6.61 Å². The first-order valence-electron chi connectivity index (χ1n) is 8.44. The standard InChI is InChI=1S/C20H18N2O5/c1-13-4-2-3-5-16(13)21-17(23)12-27-20(26)14-6-8-15(9-7-14)22-18(24)10-11-19(22)25/h2-9H,10-12H2,1H3,(H,21,23). The minimum Gasteiger partial charge on any atom is -0.452 e. The number of carbonyl (C=O) groups is 4. The first kappa shape index (κ1) is 18.3. The molecule has 27 heavy (non-hydrogen) atoms. The van der Waals surface area contributed by atoms with Crippen LogP contribution in [0.5, 0.6) is 0 Å². The normalized spacial score (nSPS) is 13.6. The van der Waals surface area contributed by atoms with Crippen molar-refractivity contribution in [3.8, 4) is 0 Å². The Hall–Kier alpha value is -3.48. The summed E-state index contributed by atoms with van der Waals surface area (Å²) in [6.07, 6.45) is 0.386. The Balaban J connectivity index is 1.57. The van der Waals surface area contributed by atoms with Gasteiger partial charge in [-0.1, -0.05) is 18.2 Å². The lowest BCUT2D eigenvalue weighted by Crippen LogP contribution is -2.28. The van der Waals surface area contributed by atoms with Crippen molar-refractivity contribution in [1.82, 2.24) is 0 Å². The number of hydrogen-bond donors (Lipinski definition) is 1. The van der Waals surface area contributed by atoms with Crippen LogP contribution in [-0.2, 0) is 19.1 Å². The average Bonchev–Trinajstić information content (AvgIpc) is 3.00. The molecular weight excluding hydrogens is 348 g/mol. The Labute approximate surface area is 155 Å². The third-order valence-corrected chi connectivity index (χ3v) is 4.17. The Kier molecular flexibility index (Phi) is 5.30. The van der Waals surface area contributed by atoms with Crippen LogP contribution in [-0.4, -0.2) is 30.3 Å². The van der Waals surface area contributed by atoms with Gasteiger partial charge in [-0.2, -0.15) is 0 Å². The van der Waals surface area contributed by atoms with Gasteiger partial charge in [0.2, 0.25) is 11.8 Å². The number of nitrogens with one attached hydrogen (secondary N) is 1. The van der Waals surface area contributed by atoms with Crippen molar-refractivity contribution < 1.29 is 23.9 Å². The highest BCUT2D eigenvalue weighted by atomic mass is 16.5. The number of para-hydroxylation sites is 1. The fourth-order valence-electron chi connectivity index (χ4n) is 2.72. The van der Waals surface area contributed by atoms with Gasteiger partial charge >= 0.3 is 5.97 Å². The molecule has 0 saturated carbocycles. The molecule has 0 bridgehead atoms. The second-order valence-corrected chi connectivity index (χ2v) is 6.11. The molecule has 138 valence electrons. The van der Waals surface area contributed by atoms with Gasteiger partial charge in [-0.05, 0) is 42.8 Å². The summed E-state index contributed by atoms with van der Waals surface area (Å²) < 4.78 is 5.01. The smallest absolute Gasteiger partial charge is 0.338 e. The van der Waals surface area contributed by atoms with Crippen LogP contribution in [0.25, 0.3) is 0 Å². The second-order valence-electron chi connectivity index (χ2n) is 6.11. The summed E-state index contributed by atoms with van der Waals surface area (Å²) in [7, 11) is 0. The highest BCUT2D eigenvalue weighted by Crippen LogP contribution is 2.23. The number of benzene rings is 2. The molecule has 0 radical (unpaired) electrons. The lowest BCUT2D eigenvalue weighted by molar-refractivity contribution is -0.121. The molecule has 1 aliphatic heterocycles. The van der Waals surface area contributed by atoms with Gasteiger partial charge in [-0.3, -0.25) is 19.3 Å². The van der Waals surface area contributed by atoms with Crippen LogP contribution in [0.15, 0.2) is 48.5 Å². The Morgan fingerprint density at radius 1 is 1.00 bits per heavy atom. The number of carbonyl (C=O) groups excluding carboxylic acids is 4. The maximum absolute atomic E-state index is 12.1. The van der Waals surface area contributed by atoms with Crippen molar-refractivity contribution in [2.24, 2.45) is 0 Å². The van der Waals surface area contributed by atoms with Crippen molar-refractivity contribution >= 4 is 35.1 Å². The van der Waals surface area contributed by atoms with E-state index in [1.165, 1.54) is 24.3 Å². The summed E-state index contributed by atoms with van der Waals surface area (Å²) in [4.78, 5) is 48.6. The van der Waals surface area contributed by atoms with Gasteiger partial charge in [-0.15, -0.1) is 0 Å². The molecule has 2 aromatic carbocycles. The van der Waals surface area contributed by atoms with Crippen molar-refractivity contribution in [1.29, 1.82) is 0 Å². The van der Waals surface area contributed by atoms with E-state index in [0.29, 0.717) is 11.4 Å². The molecular formula is C20H18N2O5. The number of hydrogen-bond acceptors (Lipinski definition) is 5. The number of esters is 1. The van der Waals surface area contributed by atoms with Crippen molar-refractivity contribution in [3.05, 3.63) is 59.7 Å². The predicted molar refractivity (Wildman–Crippen MR) is 98.3 cm³/mol. The van der Waals surface area contributed by atoms with E-state index in [1.54, 1.807) is 12.1 Å². The molecule has 2 aromatic rings. The van der Waals surface area contributed by atoms with Crippen LogP contribution >= 0.6 is 0 Å². The van der Waals surface area contributed by atoms with Crippen molar-refractivity contribution in [3.63, 3.8) is 0 Å². The molecule has 1 N–H and O–H groups in total. The van der Waals surface area contributed by atoms with Crippen LogP contribution in [0, 0.1) is 6.92 Å². The van der Waals surface area contributed by atoms with E-state index in [2.05, 4.69) is 5.32 Å². The molecule has 0 aromatic heterocycles. The van der Waals surface area contributed by atoms with Crippen LogP contribution < -0.4 is 10.2 Å². The summed E-state index contributed by atoms with van der Waals surface area (Å²) in [5.74, 6) is -1.63. The van der Waals surface area contributed by atoms with E-state index >= 15 is 0 Å². The Bertz CT molecular complexity index is 889. The lowest BCUT2D eigenvalue weighted by Gasteiger charge is -2.14. The fourth-order valence-corrected chi connectivity index (χ4v) is 2.72. The summed E-state index contributed by atoms with van der Waals surface area (Å²) >= 11 is 0. The summed E-state index contributed by atoms with van der Waals surface area (Å²) in [6, 6.07) is 13.2. The van der Waals surface area contributed by atoms with E-state index in [1.807, 2.05) is 19.1 Å². The molecule has 0 spiro atoms. The molecule has 1 heterocycles. The highest BCUT2D eigenvalue weighted by Gasteiger charge is 2.30. The lowest BCUT2D eigenvalue weighted by atomic mass is 10.2. The van der Waals surface area contributed by atoms with E-state index < -0.39 is 18.5 Å². The average molecular weight is 366 g/mol. The minimum atomic E-state index is -0.666. The minimum absolute atomic E-state index is 0.193. The number of amides is 3. The van der Waals surface area contributed by atoms with Gasteiger partial charge in [0.25, 0.3) is 5.91 Å². The Morgan fingerprint density at radius 3 is 2.26 bits per heavy atom. The number of imide groups is 1. The SMILES string of the molecule is Cc1ccccc1NC(=O)COC(=O)c1ccc(N2C(=O)CCC2=O)cc1. The largest absolute Gasteiger partial charge is 0.452 e. The van der Waals surface area contributed by atoms with Gasteiger partial charge < -0.3 is 10.1 Å². The second kappa shape index (κ2) is 7.82. The van der Waals surface area contributed by atoms with Crippen LogP contribution in [0.1, 0.15) is 28.8 Å². The molecule has 3 amide bonds. The predicted octanol–water partition coefficient (Wildman–Crippen LogP) is 2.44. The highest BCUT2D eigenvalue weighted by molar-refractivity contribution is 6.19. The zero-order valence-electron chi connectivity index (χ0n) is 14.7. The maximum atomic E-state index is 12.1. The summed E-state index contributed by atoms with van der Waals surface area (Å²) in [6.45, 7) is 1.44. The maximum Gasteiger partial charge on any atom is 0.338 e. The number of anilines is 2. The number of aryl methyl sites for hydroxylation is 1. The van der Waals surface area contributed by atoms with E-state index in [4.69, 9.17) is 4.74 Å². The summed E-state index contributed by atoms with van der Waals surface area (Å²) in [5.41, 5.74) is 2.19. The number of rotatable bonds is 5. The van der Waals surface area contributed by atoms with Gasteiger partial charge in [-0.25, -0.2) is 4.79 Å². The van der Waals surface area contributed by atoms with Crippen LogP contribution in [0.2, 0.25) is 0 Å². The molecule has 0 aliphatic carbocycles. The monoisotopic (exact) mass is 366 g/mol. The quantitative estimate of drug-likeness (QED) is 0.648. The van der Waals surface area contributed by atoms with Crippen LogP contribution in [0.4, 0.5) is 11.4 Å². The van der Waals surface area contributed by atoms with E-state index in [9.17, 15) is 19.2 Å². The van der Waals surface area contributed by atoms with Crippen molar-refractivity contribution in [2.45, 2.75) is 19.8 Å². The molecule has 1 aliphatic rings. The molecule has 7 nitrogen and oxygen atoms in total. The first-order chi connectivity index (χ1) is 13.0. The molecule has 0 atom stereocenters. The summed E-state index contributed by atoms with van der Waals surface area (Å²) in [5, 5.41) is 2.68. The number of nitrogens with zero attached hydrogens (tertiary/aromatic N) is 1. The topological polar surface area (TPSA) is 92.8 Å². The van der Waals surface area contributed by atoms with Gasteiger partial charge in [0, 0.05) is 18.5 Å². The zero-order chi connectivity index (χ0) is 19.4. The molecule has 3 rings (SSSR count). The van der Waals surface area contributed by atoms with Crippen LogP contribution in [0.3, 0.4) is 0 Å². The van der Waals surface area contributed by atoms with Gasteiger partial charge in [0.05, 0.1) is 11.3 Å². The zero-order valence-corrected chi connectivity index (χ0v) is 14.7.